The van der Waals surface area contributed by atoms with Crippen molar-refractivity contribution in [1.29, 1.82) is 0 Å². The Morgan fingerprint density at radius 2 is 2.18 bits per heavy atom. The van der Waals surface area contributed by atoms with E-state index in [0.29, 0.717) is 0 Å². The molecule has 0 saturated heterocycles. The van der Waals surface area contributed by atoms with Crippen LogP contribution in [-0.4, -0.2) is 0 Å². The molecule has 1 aromatic carbocycles. The first-order valence-electron chi connectivity index (χ1n) is 3.44. The monoisotopic (exact) mass is 162 g/mol. The molecule has 0 amide bonds. The molecule has 0 radical (unpaired) electrons. The van der Waals surface area contributed by atoms with Crippen LogP contribution < -0.4 is 0 Å². The lowest BCUT2D eigenvalue weighted by Crippen LogP contribution is -1.83. The van der Waals surface area contributed by atoms with Gasteiger partial charge in [-0.25, -0.2) is 0 Å². The van der Waals surface area contributed by atoms with Crippen LogP contribution in [0.15, 0.2) is 18.2 Å². The van der Waals surface area contributed by atoms with Gasteiger partial charge < -0.3 is 0 Å². The maximum atomic E-state index is 5.27. The third-order valence-electron chi connectivity index (χ3n) is 1.49. The van der Waals surface area contributed by atoms with Gasteiger partial charge in [-0.1, -0.05) is 12.0 Å². The molecule has 0 aromatic heterocycles. The smallest absolute Gasteiger partial charge is 0.0248 e. The van der Waals surface area contributed by atoms with E-state index in [0.717, 1.165) is 11.3 Å². The average molecular weight is 162 g/mol. The molecule has 0 unspecified atom stereocenters. The van der Waals surface area contributed by atoms with Gasteiger partial charge in [0.2, 0.25) is 0 Å². The number of thiol groups is 1. The van der Waals surface area contributed by atoms with Gasteiger partial charge in [-0.3, -0.25) is 0 Å². The fourth-order valence-corrected chi connectivity index (χ4v) is 1.22. The summed E-state index contributed by atoms with van der Waals surface area (Å²) in [6.45, 7) is 2.04. The summed E-state index contributed by atoms with van der Waals surface area (Å²) in [5, 5.41) is 0. The number of terminal acetylenes is 1. The Morgan fingerprint density at radius 3 is 2.73 bits per heavy atom. The summed E-state index contributed by atoms with van der Waals surface area (Å²) in [7, 11) is 0. The van der Waals surface area contributed by atoms with E-state index in [2.05, 4.69) is 24.6 Å². The average Bonchev–Trinajstić information content (AvgIpc) is 2.03. The molecular weight excluding hydrogens is 152 g/mol. The third kappa shape index (κ3) is 2.03. The van der Waals surface area contributed by atoms with E-state index >= 15 is 0 Å². The molecular formula is C10H10S. The van der Waals surface area contributed by atoms with Crippen molar-refractivity contribution in [2.45, 2.75) is 12.7 Å². The predicted molar refractivity (Wildman–Crippen MR) is 51.8 cm³/mol. The molecule has 0 atom stereocenters. The standard InChI is InChI=1S/C10H10S/c1-3-9-4-8(2)5-10(6-9)7-11/h1,4-6,11H,7H2,2H3. The molecule has 0 aliphatic rings. The highest BCUT2D eigenvalue weighted by Gasteiger charge is 1.93. The van der Waals surface area contributed by atoms with E-state index in [-0.39, 0.29) is 0 Å². The topological polar surface area (TPSA) is 0 Å². The fourth-order valence-electron chi connectivity index (χ4n) is 1.04. The van der Waals surface area contributed by atoms with Crippen LogP contribution >= 0.6 is 12.6 Å². The molecule has 11 heavy (non-hydrogen) atoms. The van der Waals surface area contributed by atoms with E-state index in [4.69, 9.17) is 6.42 Å². The normalized spacial score (nSPS) is 9.18. The van der Waals surface area contributed by atoms with E-state index < -0.39 is 0 Å². The zero-order chi connectivity index (χ0) is 8.27. The number of benzene rings is 1. The molecule has 0 saturated carbocycles. The molecule has 0 spiro atoms. The van der Waals surface area contributed by atoms with Gasteiger partial charge in [0.05, 0.1) is 0 Å². The summed E-state index contributed by atoms with van der Waals surface area (Å²) >= 11 is 4.17. The summed E-state index contributed by atoms with van der Waals surface area (Å²) in [6.07, 6.45) is 5.27. The minimum absolute atomic E-state index is 0.746. The second kappa shape index (κ2) is 3.50. The highest BCUT2D eigenvalue weighted by atomic mass is 32.1. The zero-order valence-corrected chi connectivity index (χ0v) is 7.36. The third-order valence-corrected chi connectivity index (χ3v) is 1.85. The van der Waals surface area contributed by atoms with Crippen molar-refractivity contribution in [1.82, 2.24) is 0 Å². The van der Waals surface area contributed by atoms with Crippen molar-refractivity contribution in [3.8, 4) is 12.3 Å². The van der Waals surface area contributed by atoms with E-state index in [1.807, 2.05) is 19.1 Å². The van der Waals surface area contributed by atoms with Crippen molar-refractivity contribution in [3.05, 3.63) is 34.9 Å². The predicted octanol–water partition coefficient (Wildman–Crippen LogP) is 2.41. The largest absolute Gasteiger partial charge is 0.175 e. The lowest BCUT2D eigenvalue weighted by molar-refractivity contribution is 1.35. The van der Waals surface area contributed by atoms with Crippen molar-refractivity contribution in [2.75, 3.05) is 0 Å². The van der Waals surface area contributed by atoms with Gasteiger partial charge in [-0.15, -0.1) is 6.42 Å². The van der Waals surface area contributed by atoms with Gasteiger partial charge in [0.1, 0.15) is 0 Å². The van der Waals surface area contributed by atoms with Crippen LogP contribution in [0.2, 0.25) is 0 Å². The highest BCUT2D eigenvalue weighted by Crippen LogP contribution is 2.10. The summed E-state index contributed by atoms with van der Waals surface area (Å²) in [6, 6.07) is 6.07. The van der Waals surface area contributed by atoms with Crippen molar-refractivity contribution in [3.63, 3.8) is 0 Å². The second-order valence-electron chi connectivity index (χ2n) is 2.51. The van der Waals surface area contributed by atoms with Crippen LogP contribution in [0.5, 0.6) is 0 Å². The Balaban J connectivity index is 3.15. The van der Waals surface area contributed by atoms with Gasteiger partial charge in [-0.2, -0.15) is 12.6 Å². The van der Waals surface area contributed by atoms with Gasteiger partial charge >= 0.3 is 0 Å². The van der Waals surface area contributed by atoms with Crippen molar-refractivity contribution < 1.29 is 0 Å². The number of hydrogen-bond acceptors (Lipinski definition) is 1. The number of aryl methyl sites for hydroxylation is 1. The van der Waals surface area contributed by atoms with Crippen LogP contribution in [0.4, 0.5) is 0 Å². The molecule has 0 fully saturated rings. The maximum Gasteiger partial charge on any atom is 0.0248 e. The van der Waals surface area contributed by atoms with Crippen LogP contribution in [0.25, 0.3) is 0 Å². The molecule has 0 nitrogen and oxygen atoms in total. The molecule has 0 heterocycles. The molecule has 0 bridgehead atoms. The SMILES string of the molecule is C#Cc1cc(C)cc(CS)c1. The van der Waals surface area contributed by atoms with E-state index in [9.17, 15) is 0 Å². The van der Waals surface area contributed by atoms with Crippen LogP contribution in [0.3, 0.4) is 0 Å². The molecule has 0 aliphatic heterocycles. The molecule has 0 N–H and O–H groups in total. The van der Waals surface area contributed by atoms with Crippen LogP contribution in [-0.2, 0) is 5.75 Å². The first-order valence-corrected chi connectivity index (χ1v) is 4.07. The minimum Gasteiger partial charge on any atom is -0.175 e. The van der Waals surface area contributed by atoms with E-state index in [1.54, 1.807) is 0 Å². The molecule has 56 valence electrons. The zero-order valence-electron chi connectivity index (χ0n) is 6.46. The second-order valence-corrected chi connectivity index (χ2v) is 2.83. The first kappa shape index (κ1) is 8.23. The van der Waals surface area contributed by atoms with E-state index in [1.165, 1.54) is 11.1 Å². The van der Waals surface area contributed by atoms with Gasteiger partial charge in [0, 0.05) is 11.3 Å². The Hall–Kier alpha value is -0.870. The molecule has 1 rings (SSSR count). The molecule has 1 aromatic rings. The maximum absolute atomic E-state index is 5.27. The summed E-state index contributed by atoms with van der Waals surface area (Å²) in [5.74, 6) is 3.35. The summed E-state index contributed by atoms with van der Waals surface area (Å²) in [5.41, 5.74) is 3.32. The molecule has 1 heteroatoms. The number of rotatable bonds is 1. The van der Waals surface area contributed by atoms with Crippen molar-refractivity contribution >= 4 is 12.6 Å². The Morgan fingerprint density at radius 1 is 1.45 bits per heavy atom. The van der Waals surface area contributed by atoms with Crippen LogP contribution in [0.1, 0.15) is 16.7 Å². The molecule has 0 aliphatic carbocycles. The lowest BCUT2D eigenvalue weighted by Gasteiger charge is -1.99. The van der Waals surface area contributed by atoms with Gasteiger partial charge in [-0.05, 0) is 30.2 Å². The Labute approximate surface area is 73.0 Å². The van der Waals surface area contributed by atoms with Gasteiger partial charge in [0.25, 0.3) is 0 Å². The minimum atomic E-state index is 0.746. The van der Waals surface area contributed by atoms with Gasteiger partial charge in [0.15, 0.2) is 0 Å². The fraction of sp³-hybridized carbons (Fsp3) is 0.200. The number of hydrogen-bond donors (Lipinski definition) is 1. The lowest BCUT2D eigenvalue weighted by atomic mass is 10.1. The quantitative estimate of drug-likeness (QED) is 0.476. The summed E-state index contributed by atoms with van der Waals surface area (Å²) < 4.78 is 0. The Kier molecular flexibility index (Phi) is 2.62. The summed E-state index contributed by atoms with van der Waals surface area (Å²) in [4.78, 5) is 0. The first-order chi connectivity index (χ1) is 5.26. The van der Waals surface area contributed by atoms with Crippen LogP contribution in [0, 0.1) is 19.3 Å². The highest BCUT2D eigenvalue weighted by molar-refractivity contribution is 7.79. The Bertz CT molecular complexity index is 294. The van der Waals surface area contributed by atoms with Crippen molar-refractivity contribution in [2.24, 2.45) is 0 Å².